The van der Waals surface area contributed by atoms with E-state index in [9.17, 15) is 4.79 Å². The standard InChI is InChI=1S/C11H8ClNO3/c1-6-2-3-7(12)4-8(6)9-5-10(11(14)15)16-13-9/h2-5H,1H3,(H,14,15). The summed E-state index contributed by atoms with van der Waals surface area (Å²) in [5.41, 5.74) is 2.19. The quantitative estimate of drug-likeness (QED) is 0.872. The Morgan fingerprint density at radius 1 is 1.44 bits per heavy atom. The lowest BCUT2D eigenvalue weighted by Crippen LogP contribution is -1.91. The maximum atomic E-state index is 10.6. The number of carbonyl (C=O) groups is 1. The minimum absolute atomic E-state index is 0.186. The van der Waals surface area contributed by atoms with E-state index in [4.69, 9.17) is 16.7 Å². The Morgan fingerprint density at radius 3 is 2.81 bits per heavy atom. The number of halogens is 1. The zero-order valence-electron chi connectivity index (χ0n) is 8.40. The number of aryl methyl sites for hydroxylation is 1. The van der Waals surface area contributed by atoms with E-state index in [0.717, 1.165) is 11.1 Å². The number of hydrogen-bond donors (Lipinski definition) is 1. The van der Waals surface area contributed by atoms with Crippen LogP contribution in [-0.4, -0.2) is 16.2 Å². The molecule has 4 nitrogen and oxygen atoms in total. The first-order valence-electron chi connectivity index (χ1n) is 4.54. The normalized spacial score (nSPS) is 10.4. The van der Waals surface area contributed by atoms with Gasteiger partial charge in [0.15, 0.2) is 0 Å². The average molecular weight is 238 g/mol. The number of nitrogens with zero attached hydrogens (tertiary/aromatic N) is 1. The van der Waals surface area contributed by atoms with Crippen LogP contribution in [0.1, 0.15) is 16.1 Å². The molecule has 2 aromatic rings. The highest BCUT2D eigenvalue weighted by atomic mass is 35.5. The molecular weight excluding hydrogens is 230 g/mol. The van der Waals surface area contributed by atoms with Gasteiger partial charge < -0.3 is 9.63 Å². The van der Waals surface area contributed by atoms with Crippen molar-refractivity contribution in [3.63, 3.8) is 0 Å². The second-order valence-electron chi connectivity index (χ2n) is 3.34. The van der Waals surface area contributed by atoms with Crippen LogP contribution in [0.2, 0.25) is 5.02 Å². The molecule has 82 valence electrons. The fraction of sp³-hybridized carbons (Fsp3) is 0.0909. The zero-order valence-corrected chi connectivity index (χ0v) is 9.15. The maximum absolute atomic E-state index is 10.6. The number of aromatic nitrogens is 1. The third-order valence-corrected chi connectivity index (χ3v) is 2.43. The Balaban J connectivity index is 2.50. The van der Waals surface area contributed by atoms with Crippen LogP contribution in [0.3, 0.4) is 0 Å². The van der Waals surface area contributed by atoms with E-state index in [2.05, 4.69) is 9.68 Å². The predicted octanol–water partition coefficient (Wildman–Crippen LogP) is 3.00. The summed E-state index contributed by atoms with van der Waals surface area (Å²) in [6.07, 6.45) is 0. The molecule has 1 aromatic heterocycles. The molecule has 0 spiro atoms. The number of hydrogen-bond acceptors (Lipinski definition) is 3. The molecule has 5 heteroatoms. The minimum atomic E-state index is -1.14. The van der Waals surface area contributed by atoms with Crippen LogP contribution in [0.5, 0.6) is 0 Å². The minimum Gasteiger partial charge on any atom is -0.475 e. The number of rotatable bonds is 2. The molecule has 2 rings (SSSR count). The predicted molar refractivity (Wildman–Crippen MR) is 58.6 cm³/mol. The van der Waals surface area contributed by atoms with Gasteiger partial charge in [-0.3, -0.25) is 0 Å². The van der Waals surface area contributed by atoms with Gasteiger partial charge in [0.1, 0.15) is 5.69 Å². The van der Waals surface area contributed by atoms with Crippen molar-refractivity contribution < 1.29 is 14.4 Å². The topological polar surface area (TPSA) is 63.3 Å². The van der Waals surface area contributed by atoms with Gasteiger partial charge in [0, 0.05) is 16.7 Å². The van der Waals surface area contributed by atoms with Gasteiger partial charge >= 0.3 is 5.97 Å². The summed E-state index contributed by atoms with van der Waals surface area (Å²) in [7, 11) is 0. The van der Waals surface area contributed by atoms with Crippen molar-refractivity contribution in [1.82, 2.24) is 5.16 Å². The molecule has 0 saturated heterocycles. The molecule has 0 radical (unpaired) electrons. The van der Waals surface area contributed by atoms with Crippen molar-refractivity contribution in [3.05, 3.63) is 40.6 Å². The first-order valence-corrected chi connectivity index (χ1v) is 4.92. The van der Waals surface area contributed by atoms with Crippen LogP contribution in [0.15, 0.2) is 28.8 Å². The van der Waals surface area contributed by atoms with Gasteiger partial charge in [-0.05, 0) is 24.6 Å². The second-order valence-corrected chi connectivity index (χ2v) is 3.78. The molecule has 0 fully saturated rings. The lowest BCUT2D eigenvalue weighted by atomic mass is 10.1. The largest absolute Gasteiger partial charge is 0.475 e. The van der Waals surface area contributed by atoms with Gasteiger partial charge in [-0.15, -0.1) is 0 Å². The zero-order chi connectivity index (χ0) is 11.7. The lowest BCUT2D eigenvalue weighted by molar-refractivity contribution is 0.0652. The van der Waals surface area contributed by atoms with Crippen molar-refractivity contribution in [2.45, 2.75) is 6.92 Å². The van der Waals surface area contributed by atoms with Gasteiger partial charge in [-0.25, -0.2) is 4.79 Å². The van der Waals surface area contributed by atoms with Crippen LogP contribution in [0.25, 0.3) is 11.3 Å². The van der Waals surface area contributed by atoms with Gasteiger partial charge in [0.25, 0.3) is 0 Å². The van der Waals surface area contributed by atoms with Gasteiger partial charge in [-0.2, -0.15) is 0 Å². The van der Waals surface area contributed by atoms with Crippen LogP contribution in [0.4, 0.5) is 0 Å². The number of aromatic carboxylic acids is 1. The second kappa shape index (κ2) is 3.98. The Bertz CT molecular complexity index is 548. The van der Waals surface area contributed by atoms with Gasteiger partial charge in [0.2, 0.25) is 5.76 Å². The lowest BCUT2D eigenvalue weighted by Gasteiger charge is -2.01. The summed E-state index contributed by atoms with van der Waals surface area (Å²) < 4.78 is 4.68. The van der Waals surface area contributed by atoms with Crippen molar-refractivity contribution in [3.8, 4) is 11.3 Å². The van der Waals surface area contributed by atoms with Crippen molar-refractivity contribution in [1.29, 1.82) is 0 Å². The Hall–Kier alpha value is -1.81. The third-order valence-electron chi connectivity index (χ3n) is 2.20. The van der Waals surface area contributed by atoms with Crippen molar-refractivity contribution in [2.24, 2.45) is 0 Å². The molecule has 16 heavy (non-hydrogen) atoms. The highest BCUT2D eigenvalue weighted by molar-refractivity contribution is 6.30. The molecule has 0 atom stereocenters. The molecule has 0 aliphatic heterocycles. The van der Waals surface area contributed by atoms with E-state index in [1.54, 1.807) is 12.1 Å². The summed E-state index contributed by atoms with van der Waals surface area (Å²) in [4.78, 5) is 10.6. The molecule has 1 aromatic carbocycles. The van der Waals surface area contributed by atoms with Gasteiger partial charge in [-0.1, -0.05) is 22.8 Å². The van der Waals surface area contributed by atoms with E-state index in [0.29, 0.717) is 10.7 Å². The van der Waals surface area contributed by atoms with E-state index in [1.165, 1.54) is 6.07 Å². The summed E-state index contributed by atoms with van der Waals surface area (Å²) in [6.45, 7) is 1.89. The van der Waals surface area contributed by atoms with Crippen molar-refractivity contribution in [2.75, 3.05) is 0 Å². The van der Waals surface area contributed by atoms with Gasteiger partial charge in [0.05, 0.1) is 0 Å². The molecular formula is C11H8ClNO3. The smallest absolute Gasteiger partial charge is 0.374 e. The molecule has 0 saturated carbocycles. The van der Waals surface area contributed by atoms with Crippen molar-refractivity contribution >= 4 is 17.6 Å². The molecule has 0 bridgehead atoms. The summed E-state index contributed by atoms with van der Waals surface area (Å²) in [5.74, 6) is -1.33. The van der Waals surface area contributed by atoms with Crippen LogP contribution >= 0.6 is 11.6 Å². The molecule has 1 heterocycles. The number of benzene rings is 1. The van der Waals surface area contributed by atoms with E-state index >= 15 is 0 Å². The number of carboxylic acid groups (broad SMARTS) is 1. The maximum Gasteiger partial charge on any atom is 0.374 e. The first kappa shape index (κ1) is 10.7. The first-order chi connectivity index (χ1) is 7.58. The Labute approximate surface area is 96.4 Å². The van der Waals surface area contributed by atoms with Crippen LogP contribution in [-0.2, 0) is 0 Å². The molecule has 0 unspecified atom stereocenters. The van der Waals surface area contributed by atoms with Crippen LogP contribution in [0, 0.1) is 6.92 Å². The molecule has 0 amide bonds. The third kappa shape index (κ3) is 1.92. The molecule has 1 N–H and O–H groups in total. The summed E-state index contributed by atoms with van der Waals surface area (Å²) in [5, 5.41) is 13.0. The average Bonchev–Trinajstić information content (AvgIpc) is 2.70. The fourth-order valence-corrected chi connectivity index (χ4v) is 1.55. The molecule has 0 aliphatic rings. The molecule has 0 aliphatic carbocycles. The fourth-order valence-electron chi connectivity index (χ4n) is 1.37. The van der Waals surface area contributed by atoms with E-state index in [1.807, 2.05) is 13.0 Å². The van der Waals surface area contributed by atoms with E-state index in [-0.39, 0.29) is 5.76 Å². The highest BCUT2D eigenvalue weighted by Crippen LogP contribution is 2.26. The van der Waals surface area contributed by atoms with E-state index < -0.39 is 5.97 Å². The summed E-state index contributed by atoms with van der Waals surface area (Å²) in [6, 6.07) is 6.70. The Morgan fingerprint density at radius 2 is 2.19 bits per heavy atom. The summed E-state index contributed by atoms with van der Waals surface area (Å²) >= 11 is 5.86. The van der Waals surface area contributed by atoms with Crippen LogP contribution < -0.4 is 0 Å². The SMILES string of the molecule is Cc1ccc(Cl)cc1-c1cc(C(=O)O)on1. The number of carboxylic acids is 1. The Kier molecular flexibility index (Phi) is 2.66. The monoisotopic (exact) mass is 237 g/mol. The highest BCUT2D eigenvalue weighted by Gasteiger charge is 2.13.